The molecule has 0 radical (unpaired) electrons. The summed E-state index contributed by atoms with van der Waals surface area (Å²) in [7, 11) is 1.63. The van der Waals surface area contributed by atoms with Gasteiger partial charge in [-0.1, -0.05) is 85.8 Å². The number of likely N-dealkylation sites (N-methyl/N-ethyl adjacent to an activating group) is 1. The zero-order valence-corrected chi connectivity index (χ0v) is 20.0. The molecule has 0 aliphatic heterocycles. The van der Waals surface area contributed by atoms with Crippen LogP contribution in [0.3, 0.4) is 0 Å². The van der Waals surface area contributed by atoms with E-state index in [1.54, 1.807) is 7.05 Å². The molecule has 0 saturated heterocycles. The number of benzene rings is 3. The highest BCUT2D eigenvalue weighted by Gasteiger charge is 2.19. The van der Waals surface area contributed by atoms with Crippen LogP contribution in [0.2, 0.25) is 0 Å². The summed E-state index contributed by atoms with van der Waals surface area (Å²) in [6, 6.07) is 27.3. The van der Waals surface area contributed by atoms with Gasteiger partial charge in [0.05, 0.1) is 6.54 Å². The van der Waals surface area contributed by atoms with Gasteiger partial charge < -0.3 is 14.6 Å². The van der Waals surface area contributed by atoms with E-state index in [1.807, 2.05) is 91.9 Å². The van der Waals surface area contributed by atoms with Crippen LogP contribution in [0, 0.1) is 0 Å². The number of hydrogen-bond donors (Lipinski definition) is 1. The van der Waals surface area contributed by atoms with Crippen molar-refractivity contribution in [1.29, 1.82) is 0 Å². The third-order valence-corrected chi connectivity index (χ3v) is 5.79. The number of carbonyl (C=O) groups excluding carboxylic acids is 2. The zero-order valence-electron chi connectivity index (χ0n) is 20.0. The summed E-state index contributed by atoms with van der Waals surface area (Å²) >= 11 is 0. The Balaban J connectivity index is 1.41. The van der Waals surface area contributed by atoms with Gasteiger partial charge in [0.25, 0.3) is 0 Å². The number of aromatic nitrogens is 1. The fourth-order valence-electron chi connectivity index (χ4n) is 3.90. The highest BCUT2D eigenvalue weighted by Crippen LogP contribution is 2.32. The van der Waals surface area contributed by atoms with Crippen molar-refractivity contribution >= 4 is 17.5 Å². The summed E-state index contributed by atoms with van der Waals surface area (Å²) < 4.78 is 6.11. The Kier molecular flexibility index (Phi) is 7.73. The van der Waals surface area contributed by atoms with Crippen LogP contribution in [0.4, 0.5) is 5.69 Å². The average Bonchev–Trinajstić information content (AvgIpc) is 3.33. The van der Waals surface area contributed by atoms with Gasteiger partial charge in [0.1, 0.15) is 5.69 Å². The van der Waals surface area contributed by atoms with Crippen LogP contribution in [0.15, 0.2) is 89.3 Å². The number of oxazole rings is 1. The second-order valence-electron chi connectivity index (χ2n) is 8.33. The third kappa shape index (κ3) is 6.03. The normalized spacial score (nSPS) is 10.7. The van der Waals surface area contributed by atoms with E-state index in [4.69, 9.17) is 9.40 Å². The van der Waals surface area contributed by atoms with Crippen LogP contribution in [-0.4, -0.2) is 35.3 Å². The Morgan fingerprint density at radius 1 is 0.886 bits per heavy atom. The molecule has 0 spiro atoms. The molecule has 6 heteroatoms. The molecule has 3 aromatic carbocycles. The van der Waals surface area contributed by atoms with Crippen molar-refractivity contribution in [3.63, 3.8) is 0 Å². The van der Waals surface area contributed by atoms with E-state index < -0.39 is 0 Å². The summed E-state index contributed by atoms with van der Waals surface area (Å²) in [6.07, 6.45) is 1.35. The van der Waals surface area contributed by atoms with Gasteiger partial charge in [-0.15, -0.1) is 0 Å². The van der Waals surface area contributed by atoms with E-state index in [-0.39, 0.29) is 24.8 Å². The van der Waals surface area contributed by atoms with Gasteiger partial charge in [-0.05, 0) is 18.1 Å². The summed E-state index contributed by atoms with van der Waals surface area (Å²) in [6.45, 7) is 2.02. The largest absolute Gasteiger partial charge is 0.440 e. The van der Waals surface area contributed by atoms with Gasteiger partial charge in [0.2, 0.25) is 11.8 Å². The maximum atomic E-state index is 12.7. The second kappa shape index (κ2) is 11.3. The highest BCUT2D eigenvalue weighted by atomic mass is 16.4. The Morgan fingerprint density at radius 2 is 1.51 bits per heavy atom. The van der Waals surface area contributed by atoms with Crippen LogP contribution in [0.5, 0.6) is 0 Å². The molecule has 35 heavy (non-hydrogen) atoms. The standard InChI is InChI=1S/C29H29N3O3/c1-3-21-12-10-11-17-24(21)30-25(33)20-32(2)27(34)19-18-26-31-28(22-13-6-4-7-14-22)29(35-26)23-15-8-5-9-16-23/h4-17H,3,18-20H2,1-2H3,(H,30,33). The molecule has 0 aliphatic carbocycles. The van der Waals surface area contributed by atoms with E-state index in [0.717, 1.165) is 34.5 Å². The number of anilines is 1. The molecule has 1 aromatic heterocycles. The van der Waals surface area contributed by atoms with E-state index in [0.29, 0.717) is 18.1 Å². The molecule has 0 atom stereocenters. The highest BCUT2D eigenvalue weighted by molar-refractivity contribution is 5.95. The molecular weight excluding hydrogens is 438 g/mol. The van der Waals surface area contributed by atoms with Crippen molar-refractivity contribution in [3.8, 4) is 22.6 Å². The molecule has 6 nitrogen and oxygen atoms in total. The lowest BCUT2D eigenvalue weighted by Crippen LogP contribution is -2.35. The quantitative estimate of drug-likeness (QED) is 0.348. The van der Waals surface area contributed by atoms with E-state index >= 15 is 0 Å². The number of hydrogen-bond acceptors (Lipinski definition) is 4. The molecular formula is C29H29N3O3. The van der Waals surface area contributed by atoms with Crippen LogP contribution in [-0.2, 0) is 22.4 Å². The maximum Gasteiger partial charge on any atom is 0.243 e. The average molecular weight is 468 g/mol. The molecule has 2 amide bonds. The number of amides is 2. The fourth-order valence-corrected chi connectivity index (χ4v) is 3.90. The lowest BCUT2D eigenvalue weighted by Gasteiger charge is -2.17. The Labute approximate surface area is 205 Å². The van der Waals surface area contributed by atoms with Gasteiger partial charge in [-0.3, -0.25) is 9.59 Å². The van der Waals surface area contributed by atoms with Crippen molar-refractivity contribution in [2.75, 3.05) is 18.9 Å². The molecule has 0 aliphatic rings. The monoisotopic (exact) mass is 467 g/mol. The van der Waals surface area contributed by atoms with Crippen molar-refractivity contribution < 1.29 is 14.0 Å². The minimum absolute atomic E-state index is 0.0208. The zero-order chi connectivity index (χ0) is 24.6. The van der Waals surface area contributed by atoms with E-state index in [1.165, 1.54) is 4.90 Å². The number of carbonyl (C=O) groups is 2. The minimum atomic E-state index is -0.226. The molecule has 0 bridgehead atoms. The number of para-hydroxylation sites is 1. The molecule has 0 unspecified atom stereocenters. The van der Waals surface area contributed by atoms with Crippen LogP contribution < -0.4 is 5.32 Å². The van der Waals surface area contributed by atoms with Crippen molar-refractivity contribution in [2.45, 2.75) is 26.2 Å². The number of aryl methyl sites for hydroxylation is 2. The van der Waals surface area contributed by atoms with Crippen LogP contribution >= 0.6 is 0 Å². The number of nitrogens with one attached hydrogen (secondary N) is 1. The van der Waals surface area contributed by atoms with Crippen molar-refractivity contribution in [1.82, 2.24) is 9.88 Å². The first-order valence-corrected chi connectivity index (χ1v) is 11.8. The predicted octanol–water partition coefficient (Wildman–Crippen LogP) is 5.60. The van der Waals surface area contributed by atoms with Gasteiger partial charge in [-0.25, -0.2) is 4.98 Å². The lowest BCUT2D eigenvalue weighted by atomic mass is 10.1. The van der Waals surface area contributed by atoms with E-state index in [2.05, 4.69) is 5.32 Å². The van der Waals surface area contributed by atoms with Crippen LogP contribution in [0.25, 0.3) is 22.6 Å². The Bertz CT molecular complexity index is 1230. The van der Waals surface area contributed by atoms with Gasteiger partial charge in [0.15, 0.2) is 11.7 Å². The molecule has 1 N–H and O–H groups in total. The minimum Gasteiger partial charge on any atom is -0.440 e. The number of rotatable bonds is 9. The summed E-state index contributed by atoms with van der Waals surface area (Å²) in [5.41, 5.74) is 4.47. The van der Waals surface area contributed by atoms with E-state index in [9.17, 15) is 9.59 Å². The fraction of sp³-hybridized carbons (Fsp3) is 0.207. The molecule has 0 fully saturated rings. The van der Waals surface area contributed by atoms with Gasteiger partial charge >= 0.3 is 0 Å². The summed E-state index contributed by atoms with van der Waals surface area (Å²) in [5, 5.41) is 2.90. The lowest BCUT2D eigenvalue weighted by molar-refractivity contribution is -0.133. The Hall–Kier alpha value is -4.19. The van der Waals surface area contributed by atoms with Gasteiger partial charge in [-0.2, -0.15) is 0 Å². The number of nitrogens with zero attached hydrogens (tertiary/aromatic N) is 2. The molecule has 178 valence electrons. The second-order valence-corrected chi connectivity index (χ2v) is 8.33. The topological polar surface area (TPSA) is 75.4 Å². The molecule has 4 rings (SSSR count). The summed E-state index contributed by atoms with van der Waals surface area (Å²) in [5.74, 6) is 0.799. The van der Waals surface area contributed by atoms with Crippen molar-refractivity contribution in [3.05, 3.63) is 96.4 Å². The predicted molar refractivity (Wildman–Crippen MR) is 138 cm³/mol. The summed E-state index contributed by atoms with van der Waals surface area (Å²) in [4.78, 5) is 31.4. The van der Waals surface area contributed by atoms with Crippen LogP contribution in [0.1, 0.15) is 24.8 Å². The van der Waals surface area contributed by atoms with Gasteiger partial charge in [0, 0.05) is 36.7 Å². The first-order valence-electron chi connectivity index (χ1n) is 11.8. The third-order valence-electron chi connectivity index (χ3n) is 5.79. The van der Waals surface area contributed by atoms with Crippen molar-refractivity contribution in [2.24, 2.45) is 0 Å². The first kappa shape index (κ1) is 24.0. The first-order chi connectivity index (χ1) is 17.0. The molecule has 4 aromatic rings. The SMILES string of the molecule is CCc1ccccc1NC(=O)CN(C)C(=O)CCc1nc(-c2ccccc2)c(-c2ccccc2)o1. The Morgan fingerprint density at radius 3 is 2.20 bits per heavy atom. The smallest absolute Gasteiger partial charge is 0.243 e. The maximum absolute atomic E-state index is 12.7. The molecule has 1 heterocycles. The molecule has 0 saturated carbocycles.